The Balaban J connectivity index is 3.23. The lowest BCUT2D eigenvalue weighted by molar-refractivity contribution is 0.144. The first kappa shape index (κ1) is 11.9. The third-order valence-electron chi connectivity index (χ3n) is 1.59. The summed E-state index contributed by atoms with van der Waals surface area (Å²) < 4.78 is 30.1. The van der Waals surface area contributed by atoms with Gasteiger partial charge in [-0.25, -0.2) is 13.8 Å². The molecule has 0 fully saturated rings. The Morgan fingerprint density at radius 3 is 2.71 bits per heavy atom. The third kappa shape index (κ3) is 2.44. The predicted octanol–water partition coefficient (Wildman–Crippen LogP) is 3.37. The van der Waals surface area contributed by atoms with Crippen molar-refractivity contribution in [2.45, 2.75) is 12.3 Å². The predicted molar refractivity (Wildman–Crippen MR) is 58.0 cm³/mol. The zero-order chi connectivity index (χ0) is 10.7. The van der Waals surface area contributed by atoms with Crippen molar-refractivity contribution in [2.75, 3.05) is 7.11 Å². The van der Waals surface area contributed by atoms with E-state index in [0.717, 1.165) is 0 Å². The molecule has 0 aliphatic carbocycles. The molecule has 0 bridgehead atoms. The molecular weight excluding hydrogens is 326 g/mol. The summed E-state index contributed by atoms with van der Waals surface area (Å²) in [6, 6.07) is 1.56. The van der Waals surface area contributed by atoms with Crippen molar-refractivity contribution in [1.29, 1.82) is 0 Å². The SMILES string of the molecule is COc1nc(C(F)F)c(I)cc1CCl. The second-order valence-corrected chi connectivity index (χ2v) is 3.89. The Bertz CT molecular complexity index is 335. The fourth-order valence-electron chi connectivity index (χ4n) is 0.949. The van der Waals surface area contributed by atoms with Crippen molar-refractivity contribution in [3.05, 3.63) is 20.9 Å². The lowest BCUT2D eigenvalue weighted by atomic mass is 10.2. The second-order valence-electron chi connectivity index (χ2n) is 2.46. The van der Waals surface area contributed by atoms with Crippen molar-refractivity contribution in [1.82, 2.24) is 4.98 Å². The van der Waals surface area contributed by atoms with Gasteiger partial charge in [0.15, 0.2) is 0 Å². The molecule has 0 saturated heterocycles. The first-order valence-corrected chi connectivity index (χ1v) is 5.29. The van der Waals surface area contributed by atoms with Crippen LogP contribution in [0.2, 0.25) is 0 Å². The lowest BCUT2D eigenvalue weighted by Crippen LogP contribution is -2.01. The Hall–Kier alpha value is -0.170. The smallest absolute Gasteiger partial charge is 0.281 e. The van der Waals surface area contributed by atoms with Gasteiger partial charge in [0.1, 0.15) is 5.69 Å². The van der Waals surface area contributed by atoms with Gasteiger partial charge < -0.3 is 4.74 Å². The molecule has 0 aliphatic rings. The molecule has 1 rings (SSSR count). The number of methoxy groups -OCH3 is 1. The maximum atomic E-state index is 12.4. The molecule has 1 aromatic heterocycles. The van der Waals surface area contributed by atoms with Gasteiger partial charge in [0.25, 0.3) is 6.43 Å². The van der Waals surface area contributed by atoms with Crippen LogP contribution < -0.4 is 4.74 Å². The Morgan fingerprint density at radius 2 is 2.29 bits per heavy atom. The second kappa shape index (κ2) is 5.06. The van der Waals surface area contributed by atoms with Gasteiger partial charge in [-0.2, -0.15) is 0 Å². The van der Waals surface area contributed by atoms with Crippen molar-refractivity contribution in [3.8, 4) is 5.88 Å². The van der Waals surface area contributed by atoms with Crippen LogP contribution in [0.4, 0.5) is 8.78 Å². The number of nitrogens with zero attached hydrogens (tertiary/aromatic N) is 1. The van der Waals surface area contributed by atoms with E-state index in [9.17, 15) is 8.78 Å². The van der Waals surface area contributed by atoms with Crippen LogP contribution >= 0.6 is 34.2 Å². The molecule has 0 aliphatic heterocycles. The minimum absolute atomic E-state index is 0.163. The fourth-order valence-corrected chi connectivity index (χ4v) is 1.87. The molecule has 0 amide bonds. The number of pyridine rings is 1. The summed E-state index contributed by atoms with van der Waals surface area (Å²) in [5, 5.41) is 0. The minimum Gasteiger partial charge on any atom is -0.481 e. The van der Waals surface area contributed by atoms with Crippen LogP contribution in [-0.4, -0.2) is 12.1 Å². The molecule has 2 nitrogen and oxygen atoms in total. The summed E-state index contributed by atoms with van der Waals surface area (Å²) in [6.07, 6.45) is -2.60. The summed E-state index contributed by atoms with van der Waals surface area (Å²) in [5.74, 6) is 0.353. The van der Waals surface area contributed by atoms with Crippen LogP contribution in [0.25, 0.3) is 0 Å². The molecule has 78 valence electrons. The molecule has 0 saturated carbocycles. The largest absolute Gasteiger partial charge is 0.481 e. The van der Waals surface area contributed by atoms with Gasteiger partial charge >= 0.3 is 0 Å². The van der Waals surface area contributed by atoms with Crippen LogP contribution in [0.1, 0.15) is 17.7 Å². The van der Waals surface area contributed by atoms with E-state index >= 15 is 0 Å². The molecule has 0 spiro atoms. The van der Waals surface area contributed by atoms with Crippen LogP contribution in [-0.2, 0) is 5.88 Å². The topological polar surface area (TPSA) is 22.1 Å². The van der Waals surface area contributed by atoms with Gasteiger partial charge in [0.2, 0.25) is 5.88 Å². The number of ether oxygens (including phenoxy) is 1. The normalized spacial score (nSPS) is 10.7. The zero-order valence-electron chi connectivity index (χ0n) is 7.23. The van der Waals surface area contributed by atoms with E-state index in [-0.39, 0.29) is 17.5 Å². The summed E-state index contributed by atoms with van der Waals surface area (Å²) in [4.78, 5) is 3.70. The van der Waals surface area contributed by atoms with Crippen LogP contribution in [0, 0.1) is 3.57 Å². The molecule has 14 heavy (non-hydrogen) atoms. The van der Waals surface area contributed by atoms with Crippen molar-refractivity contribution in [2.24, 2.45) is 0 Å². The van der Waals surface area contributed by atoms with Gasteiger partial charge in [0.05, 0.1) is 13.0 Å². The van der Waals surface area contributed by atoms with E-state index < -0.39 is 6.43 Å². The first-order chi connectivity index (χ1) is 6.60. The molecule has 0 atom stereocenters. The molecule has 0 aromatic carbocycles. The Kier molecular flexibility index (Phi) is 4.31. The Labute approximate surface area is 98.8 Å². The molecule has 0 radical (unpaired) electrons. The summed E-state index contributed by atoms with van der Waals surface area (Å²) in [6.45, 7) is 0. The molecule has 6 heteroatoms. The molecule has 0 unspecified atom stereocenters. The van der Waals surface area contributed by atoms with Crippen molar-refractivity contribution >= 4 is 34.2 Å². The number of alkyl halides is 3. The quantitative estimate of drug-likeness (QED) is 0.625. The summed E-state index contributed by atoms with van der Waals surface area (Å²) in [5.41, 5.74) is 0.347. The van der Waals surface area contributed by atoms with E-state index in [0.29, 0.717) is 9.13 Å². The monoisotopic (exact) mass is 333 g/mol. The highest BCUT2D eigenvalue weighted by Gasteiger charge is 2.17. The number of hydrogen-bond acceptors (Lipinski definition) is 2. The van der Waals surface area contributed by atoms with E-state index in [1.807, 2.05) is 0 Å². The number of rotatable bonds is 3. The summed E-state index contributed by atoms with van der Waals surface area (Å²) in [7, 11) is 1.38. The lowest BCUT2D eigenvalue weighted by Gasteiger charge is -2.09. The van der Waals surface area contributed by atoms with Gasteiger partial charge in [-0.3, -0.25) is 0 Å². The average Bonchev–Trinajstić information content (AvgIpc) is 2.16. The maximum Gasteiger partial charge on any atom is 0.281 e. The zero-order valence-corrected chi connectivity index (χ0v) is 10.1. The third-order valence-corrected chi connectivity index (χ3v) is 2.74. The highest BCUT2D eigenvalue weighted by Crippen LogP contribution is 2.28. The number of aromatic nitrogens is 1. The van der Waals surface area contributed by atoms with Crippen LogP contribution in [0.15, 0.2) is 6.07 Å². The average molecular weight is 334 g/mol. The van der Waals surface area contributed by atoms with E-state index in [2.05, 4.69) is 4.98 Å². The highest BCUT2D eigenvalue weighted by molar-refractivity contribution is 14.1. The molecule has 0 N–H and O–H groups in total. The van der Waals surface area contributed by atoms with Crippen LogP contribution in [0.3, 0.4) is 0 Å². The maximum absolute atomic E-state index is 12.4. The molecule has 1 aromatic rings. The fraction of sp³-hybridized carbons (Fsp3) is 0.375. The summed E-state index contributed by atoms with van der Waals surface area (Å²) >= 11 is 7.40. The molecular formula is C8H7ClF2INO. The Morgan fingerprint density at radius 1 is 1.64 bits per heavy atom. The molecule has 1 heterocycles. The standard InChI is InChI=1S/C8H7ClF2INO/c1-14-8-4(3-9)2-5(12)6(13-8)7(10)11/h2,7H,3H2,1H3. The van der Waals surface area contributed by atoms with Crippen LogP contribution in [0.5, 0.6) is 5.88 Å². The number of halogens is 4. The van der Waals surface area contributed by atoms with Crippen molar-refractivity contribution in [3.63, 3.8) is 0 Å². The van der Waals surface area contributed by atoms with Gasteiger partial charge in [0, 0.05) is 9.13 Å². The van der Waals surface area contributed by atoms with Gasteiger partial charge in [-0.1, -0.05) is 0 Å². The van der Waals surface area contributed by atoms with Crippen molar-refractivity contribution < 1.29 is 13.5 Å². The first-order valence-electron chi connectivity index (χ1n) is 3.67. The highest BCUT2D eigenvalue weighted by atomic mass is 127. The van der Waals surface area contributed by atoms with E-state index in [4.69, 9.17) is 16.3 Å². The van der Waals surface area contributed by atoms with Gasteiger partial charge in [-0.05, 0) is 28.7 Å². The van der Waals surface area contributed by atoms with E-state index in [1.54, 1.807) is 28.7 Å². The number of hydrogen-bond donors (Lipinski definition) is 0. The van der Waals surface area contributed by atoms with E-state index in [1.165, 1.54) is 7.11 Å². The minimum atomic E-state index is -2.60. The van der Waals surface area contributed by atoms with Gasteiger partial charge in [-0.15, -0.1) is 11.6 Å².